The van der Waals surface area contributed by atoms with Crippen molar-refractivity contribution in [1.29, 1.82) is 5.41 Å². The van der Waals surface area contributed by atoms with Crippen molar-refractivity contribution in [3.05, 3.63) is 53.6 Å². The molecule has 0 aliphatic rings. The summed E-state index contributed by atoms with van der Waals surface area (Å²) in [6.07, 6.45) is 0. The second-order valence-corrected chi connectivity index (χ2v) is 5.04. The molecule has 0 aromatic heterocycles. The Kier molecular flexibility index (Phi) is 4.24. The topological polar surface area (TPSA) is 59.1 Å². The minimum atomic E-state index is -0.660. The summed E-state index contributed by atoms with van der Waals surface area (Å²) in [5, 5.41) is 7.53. The Labute approximate surface area is 119 Å². The standard InChI is InChI=1S/C14H12F2N2OS/c1-19-9-3-4-10(14(17)18)13(7-9)20-12-5-2-8(15)6-11(12)16/h2-7H,1H3,(H3,17,18). The van der Waals surface area contributed by atoms with Gasteiger partial charge in [0, 0.05) is 21.4 Å². The smallest absolute Gasteiger partial charge is 0.140 e. The zero-order valence-electron chi connectivity index (χ0n) is 10.6. The van der Waals surface area contributed by atoms with Gasteiger partial charge in [0.15, 0.2) is 0 Å². The number of halogens is 2. The Morgan fingerprint density at radius 3 is 2.50 bits per heavy atom. The summed E-state index contributed by atoms with van der Waals surface area (Å²) in [7, 11) is 1.51. The van der Waals surface area contributed by atoms with E-state index in [1.807, 2.05) is 0 Å². The number of ether oxygens (including phenoxy) is 1. The summed E-state index contributed by atoms with van der Waals surface area (Å²) in [6, 6.07) is 8.30. The van der Waals surface area contributed by atoms with Gasteiger partial charge in [0.25, 0.3) is 0 Å². The SMILES string of the molecule is COc1ccc(C(=N)N)c(Sc2ccc(F)cc2F)c1. The minimum absolute atomic E-state index is 0.127. The van der Waals surface area contributed by atoms with E-state index < -0.39 is 11.6 Å². The van der Waals surface area contributed by atoms with Crippen LogP contribution in [0.2, 0.25) is 0 Å². The van der Waals surface area contributed by atoms with E-state index in [1.165, 1.54) is 19.2 Å². The fourth-order valence-corrected chi connectivity index (χ4v) is 2.61. The molecule has 6 heteroatoms. The molecule has 0 spiro atoms. The third kappa shape index (κ3) is 3.08. The van der Waals surface area contributed by atoms with Crippen LogP contribution in [0.3, 0.4) is 0 Å². The predicted molar refractivity (Wildman–Crippen MR) is 74.5 cm³/mol. The molecule has 0 fully saturated rings. The molecule has 0 aliphatic carbocycles. The number of nitrogen functional groups attached to an aromatic ring is 1. The summed E-state index contributed by atoms with van der Waals surface area (Å²) in [5.41, 5.74) is 5.97. The highest BCUT2D eigenvalue weighted by Gasteiger charge is 2.12. The van der Waals surface area contributed by atoms with Gasteiger partial charge in [0.05, 0.1) is 7.11 Å². The average molecular weight is 294 g/mol. The van der Waals surface area contributed by atoms with E-state index >= 15 is 0 Å². The van der Waals surface area contributed by atoms with Gasteiger partial charge in [-0.05, 0) is 30.3 Å². The first kappa shape index (κ1) is 14.3. The van der Waals surface area contributed by atoms with Crippen LogP contribution in [0.25, 0.3) is 0 Å². The third-order valence-electron chi connectivity index (χ3n) is 2.59. The molecule has 0 atom stereocenters. The van der Waals surface area contributed by atoms with Gasteiger partial charge in [-0.1, -0.05) is 11.8 Å². The van der Waals surface area contributed by atoms with Crippen molar-refractivity contribution < 1.29 is 13.5 Å². The molecule has 3 nitrogen and oxygen atoms in total. The molecule has 104 valence electrons. The van der Waals surface area contributed by atoms with E-state index in [4.69, 9.17) is 15.9 Å². The zero-order valence-corrected chi connectivity index (χ0v) is 11.4. The van der Waals surface area contributed by atoms with E-state index in [0.29, 0.717) is 16.2 Å². The Morgan fingerprint density at radius 2 is 1.90 bits per heavy atom. The van der Waals surface area contributed by atoms with Gasteiger partial charge < -0.3 is 10.5 Å². The van der Waals surface area contributed by atoms with Crippen molar-refractivity contribution >= 4 is 17.6 Å². The van der Waals surface area contributed by atoms with Crippen molar-refractivity contribution in [1.82, 2.24) is 0 Å². The molecule has 3 N–H and O–H groups in total. The molecule has 0 heterocycles. The summed E-state index contributed by atoms with van der Waals surface area (Å²) >= 11 is 1.06. The lowest BCUT2D eigenvalue weighted by Gasteiger charge is -2.10. The van der Waals surface area contributed by atoms with E-state index in [-0.39, 0.29) is 10.7 Å². The zero-order chi connectivity index (χ0) is 14.7. The lowest BCUT2D eigenvalue weighted by molar-refractivity contribution is 0.413. The summed E-state index contributed by atoms with van der Waals surface area (Å²) in [4.78, 5) is 0.824. The van der Waals surface area contributed by atoms with Crippen molar-refractivity contribution in [2.75, 3.05) is 7.11 Å². The maximum atomic E-state index is 13.7. The van der Waals surface area contributed by atoms with Crippen LogP contribution in [0.4, 0.5) is 8.78 Å². The van der Waals surface area contributed by atoms with Crippen LogP contribution in [0.1, 0.15) is 5.56 Å². The van der Waals surface area contributed by atoms with Crippen LogP contribution in [-0.4, -0.2) is 12.9 Å². The number of benzene rings is 2. The van der Waals surface area contributed by atoms with Gasteiger partial charge in [-0.25, -0.2) is 8.78 Å². The number of nitrogens with one attached hydrogen (secondary N) is 1. The Balaban J connectivity index is 2.43. The normalized spacial score (nSPS) is 10.3. The lowest BCUT2D eigenvalue weighted by Crippen LogP contribution is -2.12. The van der Waals surface area contributed by atoms with Gasteiger partial charge >= 0.3 is 0 Å². The highest BCUT2D eigenvalue weighted by molar-refractivity contribution is 7.99. The number of hydrogen-bond donors (Lipinski definition) is 2. The first-order valence-electron chi connectivity index (χ1n) is 5.66. The monoisotopic (exact) mass is 294 g/mol. The van der Waals surface area contributed by atoms with Crippen LogP contribution >= 0.6 is 11.8 Å². The Bertz CT molecular complexity index is 662. The van der Waals surface area contributed by atoms with E-state index in [2.05, 4.69) is 0 Å². The molecule has 2 aromatic rings. The maximum absolute atomic E-state index is 13.7. The molecule has 0 saturated heterocycles. The molecule has 2 aromatic carbocycles. The summed E-state index contributed by atoms with van der Waals surface area (Å²) in [5.74, 6) is -0.853. The average Bonchev–Trinajstić information content (AvgIpc) is 2.41. The molecular formula is C14H12F2N2OS. The molecule has 0 radical (unpaired) electrons. The quantitative estimate of drug-likeness (QED) is 0.671. The molecule has 0 unspecified atom stereocenters. The number of amidine groups is 1. The van der Waals surface area contributed by atoms with Crippen molar-refractivity contribution in [2.24, 2.45) is 5.73 Å². The van der Waals surface area contributed by atoms with Gasteiger partial charge in [-0.2, -0.15) is 0 Å². The van der Waals surface area contributed by atoms with Crippen molar-refractivity contribution in [2.45, 2.75) is 9.79 Å². The van der Waals surface area contributed by atoms with Crippen LogP contribution < -0.4 is 10.5 Å². The van der Waals surface area contributed by atoms with E-state index in [9.17, 15) is 8.78 Å². The first-order valence-corrected chi connectivity index (χ1v) is 6.48. The minimum Gasteiger partial charge on any atom is -0.497 e. The largest absolute Gasteiger partial charge is 0.497 e. The number of hydrogen-bond acceptors (Lipinski definition) is 3. The molecular weight excluding hydrogens is 282 g/mol. The van der Waals surface area contributed by atoms with Gasteiger partial charge in [0.2, 0.25) is 0 Å². The summed E-state index contributed by atoms with van der Waals surface area (Å²) in [6.45, 7) is 0. The molecule has 0 amide bonds. The predicted octanol–water partition coefficient (Wildman–Crippen LogP) is 3.41. The molecule has 0 aliphatic heterocycles. The fraction of sp³-hybridized carbons (Fsp3) is 0.0714. The van der Waals surface area contributed by atoms with Crippen LogP contribution in [0.15, 0.2) is 46.2 Å². The third-order valence-corrected chi connectivity index (χ3v) is 3.70. The van der Waals surface area contributed by atoms with Gasteiger partial charge in [-0.15, -0.1) is 0 Å². The summed E-state index contributed by atoms with van der Waals surface area (Å²) < 4.78 is 31.7. The van der Waals surface area contributed by atoms with Gasteiger partial charge in [-0.3, -0.25) is 5.41 Å². The van der Waals surface area contributed by atoms with Crippen LogP contribution in [0.5, 0.6) is 5.75 Å². The second kappa shape index (κ2) is 5.92. The molecule has 0 saturated carbocycles. The fourth-order valence-electron chi connectivity index (χ4n) is 1.61. The highest BCUT2D eigenvalue weighted by Crippen LogP contribution is 2.34. The molecule has 2 rings (SSSR count). The Hall–Kier alpha value is -2.08. The van der Waals surface area contributed by atoms with Crippen molar-refractivity contribution in [3.8, 4) is 5.75 Å². The first-order chi connectivity index (χ1) is 9.51. The highest BCUT2D eigenvalue weighted by atomic mass is 32.2. The maximum Gasteiger partial charge on any atom is 0.140 e. The number of nitrogens with two attached hydrogens (primary N) is 1. The lowest BCUT2D eigenvalue weighted by atomic mass is 10.2. The number of methoxy groups -OCH3 is 1. The Morgan fingerprint density at radius 1 is 1.15 bits per heavy atom. The number of rotatable bonds is 4. The van der Waals surface area contributed by atoms with E-state index in [0.717, 1.165) is 17.8 Å². The van der Waals surface area contributed by atoms with E-state index in [1.54, 1.807) is 18.2 Å². The van der Waals surface area contributed by atoms with Crippen molar-refractivity contribution in [3.63, 3.8) is 0 Å². The second-order valence-electron chi connectivity index (χ2n) is 3.95. The van der Waals surface area contributed by atoms with Crippen LogP contribution in [0, 0.1) is 17.0 Å². The molecule has 20 heavy (non-hydrogen) atoms. The van der Waals surface area contributed by atoms with Gasteiger partial charge in [0.1, 0.15) is 23.2 Å². The van der Waals surface area contributed by atoms with Crippen LogP contribution in [-0.2, 0) is 0 Å². The molecule has 0 bridgehead atoms.